The Bertz CT molecular complexity index is 1730. The summed E-state index contributed by atoms with van der Waals surface area (Å²) in [5.41, 5.74) is 1.76. The van der Waals surface area contributed by atoms with Gasteiger partial charge in [-0.2, -0.15) is 9.78 Å². The Labute approximate surface area is 234 Å². The summed E-state index contributed by atoms with van der Waals surface area (Å²) in [5, 5.41) is 9.82. The minimum absolute atomic E-state index is 0.179. The van der Waals surface area contributed by atoms with Gasteiger partial charge >= 0.3 is 0 Å². The highest BCUT2D eigenvalue weighted by Crippen LogP contribution is 2.27. The number of para-hydroxylation sites is 1. The fourth-order valence-electron chi connectivity index (χ4n) is 4.32. The van der Waals surface area contributed by atoms with Crippen LogP contribution in [0.1, 0.15) is 31.2 Å². The van der Waals surface area contributed by atoms with E-state index >= 15 is 0 Å². The predicted octanol–water partition coefficient (Wildman–Crippen LogP) is 6.55. The van der Waals surface area contributed by atoms with E-state index in [1.165, 1.54) is 4.68 Å². The Morgan fingerprint density at radius 3 is 2.64 bits per heavy atom. The van der Waals surface area contributed by atoms with E-state index in [2.05, 4.69) is 33.3 Å². The first-order chi connectivity index (χ1) is 19.0. The van der Waals surface area contributed by atoms with Gasteiger partial charge in [0.15, 0.2) is 6.61 Å². The molecule has 0 bridgehead atoms. The van der Waals surface area contributed by atoms with Crippen LogP contribution in [0.25, 0.3) is 21.7 Å². The smallest absolute Gasteiger partial charge is 0.282 e. The number of carbonyl (C=O) groups is 1. The van der Waals surface area contributed by atoms with Crippen LogP contribution in [0, 0.1) is 0 Å². The second-order valence-corrected chi connectivity index (χ2v) is 9.97. The molecule has 5 rings (SSSR count). The van der Waals surface area contributed by atoms with Gasteiger partial charge in [-0.05, 0) is 53.6 Å². The highest BCUT2D eigenvalue weighted by Gasteiger charge is 2.13. The van der Waals surface area contributed by atoms with Crippen LogP contribution < -0.4 is 15.6 Å². The van der Waals surface area contributed by atoms with Crippen molar-refractivity contribution >= 4 is 55.4 Å². The fourth-order valence-corrected chi connectivity index (χ4v) is 4.68. The van der Waals surface area contributed by atoms with E-state index in [0.29, 0.717) is 40.1 Å². The van der Waals surface area contributed by atoms with E-state index in [-0.39, 0.29) is 18.1 Å². The third-order valence-corrected chi connectivity index (χ3v) is 6.77. The number of ether oxygens (including phenoxy) is 1. The van der Waals surface area contributed by atoms with Gasteiger partial charge in [-0.1, -0.05) is 77.8 Å². The van der Waals surface area contributed by atoms with Crippen molar-refractivity contribution in [3.05, 3.63) is 111 Å². The highest BCUT2D eigenvalue weighted by atomic mass is 79.9. The van der Waals surface area contributed by atoms with E-state index in [9.17, 15) is 9.59 Å². The van der Waals surface area contributed by atoms with Crippen LogP contribution in [0.3, 0.4) is 0 Å². The maximum absolute atomic E-state index is 13.5. The first-order valence-electron chi connectivity index (χ1n) is 12.8. The molecule has 5 aromatic rings. The number of nitrogens with zero attached hydrogens (tertiary/aromatic N) is 3. The lowest BCUT2D eigenvalue weighted by molar-refractivity contribution is -0.118. The Hall–Kier alpha value is -4.30. The number of benzene rings is 4. The molecule has 0 fully saturated rings. The van der Waals surface area contributed by atoms with Crippen LogP contribution >= 0.6 is 15.9 Å². The fraction of sp³-hybridized carbons (Fsp3) is 0.161. The predicted molar refractivity (Wildman–Crippen MR) is 160 cm³/mol. The van der Waals surface area contributed by atoms with Crippen LogP contribution in [0.2, 0.25) is 0 Å². The van der Waals surface area contributed by atoms with Crippen molar-refractivity contribution in [3.8, 4) is 5.75 Å². The van der Waals surface area contributed by atoms with Crippen LogP contribution in [-0.2, 0) is 11.2 Å². The Morgan fingerprint density at radius 1 is 1.03 bits per heavy atom. The molecule has 0 aliphatic rings. The molecule has 0 radical (unpaired) electrons. The molecule has 4 aromatic carbocycles. The molecule has 196 valence electrons. The zero-order chi connectivity index (χ0) is 27.2. The van der Waals surface area contributed by atoms with Gasteiger partial charge in [0.2, 0.25) is 0 Å². The average molecular weight is 583 g/mol. The molecule has 0 atom stereocenters. The average Bonchev–Trinajstić information content (AvgIpc) is 2.95. The Kier molecular flexibility index (Phi) is 8.13. The number of amides is 1. The molecule has 1 heterocycles. The third-order valence-electron chi connectivity index (χ3n) is 6.28. The van der Waals surface area contributed by atoms with Crippen LogP contribution in [0.15, 0.2) is 99.3 Å². The zero-order valence-corrected chi connectivity index (χ0v) is 23.0. The van der Waals surface area contributed by atoms with Gasteiger partial charge in [0.05, 0.1) is 17.1 Å². The van der Waals surface area contributed by atoms with E-state index < -0.39 is 0 Å². The molecular formula is C31H27BrN4O3. The molecule has 8 heteroatoms. The number of aryl methyl sites for hydroxylation is 1. The van der Waals surface area contributed by atoms with Crippen molar-refractivity contribution in [2.75, 3.05) is 11.9 Å². The molecular weight excluding hydrogens is 556 g/mol. The van der Waals surface area contributed by atoms with Crippen molar-refractivity contribution in [2.24, 2.45) is 5.10 Å². The minimum Gasteiger partial charge on any atom is -0.483 e. The summed E-state index contributed by atoms with van der Waals surface area (Å²) < 4.78 is 8.14. The van der Waals surface area contributed by atoms with Crippen molar-refractivity contribution in [1.29, 1.82) is 0 Å². The lowest BCUT2D eigenvalue weighted by Gasteiger charge is -2.13. The molecule has 0 saturated carbocycles. The highest BCUT2D eigenvalue weighted by molar-refractivity contribution is 9.10. The normalized spacial score (nSPS) is 11.3. The minimum atomic E-state index is -0.278. The summed E-state index contributed by atoms with van der Waals surface area (Å²) >= 11 is 3.45. The third kappa shape index (κ3) is 6.07. The SMILES string of the molecule is CCCCc1nc2ccc(Br)cc2c(=O)n1N=Cc1c(OCC(=O)Nc2ccccc2)ccc2ccccc12. The summed E-state index contributed by atoms with van der Waals surface area (Å²) in [4.78, 5) is 30.8. The molecule has 39 heavy (non-hydrogen) atoms. The van der Waals surface area contributed by atoms with E-state index in [0.717, 1.165) is 28.1 Å². The summed E-state index contributed by atoms with van der Waals surface area (Å²) in [5.74, 6) is 0.804. The number of carbonyl (C=O) groups excluding carboxylic acids is 1. The van der Waals surface area contributed by atoms with E-state index in [1.807, 2.05) is 78.9 Å². The van der Waals surface area contributed by atoms with Gasteiger partial charge in [-0.3, -0.25) is 9.59 Å². The molecule has 1 N–H and O–H groups in total. The molecule has 0 saturated heterocycles. The second-order valence-electron chi connectivity index (χ2n) is 9.06. The molecule has 1 amide bonds. The first kappa shape index (κ1) is 26.3. The Morgan fingerprint density at radius 2 is 1.82 bits per heavy atom. The summed E-state index contributed by atoms with van der Waals surface area (Å²) in [6.45, 7) is 1.92. The van der Waals surface area contributed by atoms with Gasteiger partial charge in [-0.25, -0.2) is 4.98 Å². The van der Waals surface area contributed by atoms with Crippen molar-refractivity contribution < 1.29 is 9.53 Å². The standard InChI is InChI=1S/C31H27BrN4O3/c1-2-3-13-29-35-27-16-15-22(32)18-25(27)31(38)36(29)33-19-26-24-12-8-7-9-21(24)14-17-28(26)39-20-30(37)34-23-10-5-4-6-11-23/h4-12,14-19H,2-3,13,20H2,1H3,(H,34,37). The molecule has 0 spiro atoms. The van der Waals surface area contributed by atoms with Crippen molar-refractivity contribution in [2.45, 2.75) is 26.2 Å². The zero-order valence-electron chi connectivity index (χ0n) is 21.4. The van der Waals surface area contributed by atoms with Gasteiger partial charge in [0.1, 0.15) is 11.6 Å². The van der Waals surface area contributed by atoms with Crippen LogP contribution in [0.4, 0.5) is 5.69 Å². The number of halogens is 1. The maximum atomic E-state index is 13.5. The summed E-state index contributed by atoms with van der Waals surface area (Å²) in [6.07, 6.45) is 4.08. The molecule has 7 nitrogen and oxygen atoms in total. The van der Waals surface area contributed by atoms with Gasteiger partial charge in [-0.15, -0.1) is 0 Å². The van der Waals surface area contributed by atoms with Crippen LogP contribution in [-0.4, -0.2) is 28.4 Å². The van der Waals surface area contributed by atoms with Crippen molar-refractivity contribution in [1.82, 2.24) is 9.66 Å². The van der Waals surface area contributed by atoms with Gasteiger partial charge in [0.25, 0.3) is 11.5 Å². The maximum Gasteiger partial charge on any atom is 0.282 e. The molecule has 0 unspecified atom stereocenters. The number of aromatic nitrogens is 2. The number of anilines is 1. The number of unbranched alkanes of at least 4 members (excludes halogenated alkanes) is 1. The topological polar surface area (TPSA) is 85.6 Å². The largest absolute Gasteiger partial charge is 0.483 e. The lowest BCUT2D eigenvalue weighted by Crippen LogP contribution is -2.23. The quantitative estimate of drug-likeness (QED) is 0.199. The van der Waals surface area contributed by atoms with Gasteiger partial charge in [0, 0.05) is 22.1 Å². The van der Waals surface area contributed by atoms with E-state index in [1.54, 1.807) is 12.3 Å². The summed E-state index contributed by atoms with van der Waals surface area (Å²) in [6, 6.07) is 26.3. The summed E-state index contributed by atoms with van der Waals surface area (Å²) in [7, 11) is 0. The Balaban J connectivity index is 1.53. The second kappa shape index (κ2) is 12.0. The monoisotopic (exact) mass is 582 g/mol. The number of nitrogens with one attached hydrogen (secondary N) is 1. The van der Waals surface area contributed by atoms with Gasteiger partial charge < -0.3 is 10.1 Å². The lowest BCUT2D eigenvalue weighted by atomic mass is 10.0. The van der Waals surface area contributed by atoms with Crippen LogP contribution in [0.5, 0.6) is 5.75 Å². The molecule has 0 aliphatic heterocycles. The van der Waals surface area contributed by atoms with E-state index in [4.69, 9.17) is 9.72 Å². The first-order valence-corrected chi connectivity index (χ1v) is 13.6. The number of hydrogen-bond donors (Lipinski definition) is 1. The molecule has 0 aliphatic carbocycles. The number of fused-ring (bicyclic) bond motifs is 2. The number of hydrogen-bond acceptors (Lipinski definition) is 5. The van der Waals surface area contributed by atoms with Crippen molar-refractivity contribution in [3.63, 3.8) is 0 Å². The molecule has 1 aromatic heterocycles. The number of rotatable bonds is 9.